The van der Waals surface area contributed by atoms with Crippen molar-refractivity contribution in [1.29, 1.82) is 0 Å². The Morgan fingerprint density at radius 1 is 1.10 bits per heavy atom. The molecule has 1 saturated heterocycles. The third-order valence-corrected chi connectivity index (χ3v) is 5.79. The maximum absolute atomic E-state index is 12.7. The molecule has 29 heavy (non-hydrogen) atoms. The number of benzene rings is 1. The van der Waals surface area contributed by atoms with Gasteiger partial charge in [-0.05, 0) is 17.9 Å². The van der Waals surface area contributed by atoms with E-state index in [1.807, 2.05) is 4.90 Å². The zero-order chi connectivity index (χ0) is 21.4. The van der Waals surface area contributed by atoms with Crippen molar-refractivity contribution >= 4 is 11.8 Å². The zero-order valence-electron chi connectivity index (χ0n) is 18.8. The quantitative estimate of drug-likeness (QED) is 0.525. The monoisotopic (exact) mass is 404 g/mol. The molecule has 1 aliphatic rings. The first kappa shape index (κ1) is 23.4. The van der Waals surface area contributed by atoms with Crippen LogP contribution in [0.4, 0.5) is 0 Å². The third-order valence-electron chi connectivity index (χ3n) is 5.79. The fraction of sp³-hybridized carbons (Fsp3) is 0.652. The normalized spacial score (nSPS) is 16.3. The maximum Gasteiger partial charge on any atom is 0.278 e. The predicted octanol–water partition coefficient (Wildman–Crippen LogP) is -0.381. The van der Waals surface area contributed by atoms with Crippen LogP contribution in [0, 0.1) is 11.8 Å². The van der Waals surface area contributed by atoms with Gasteiger partial charge in [0, 0.05) is 18.5 Å². The molecule has 1 aromatic rings. The highest BCUT2D eigenvalue weighted by molar-refractivity contribution is 5.77. The minimum atomic E-state index is 0.0623. The number of hydrogen-bond donors (Lipinski definition) is 3. The molecule has 0 radical (unpaired) electrons. The van der Waals surface area contributed by atoms with Crippen molar-refractivity contribution in [3.63, 3.8) is 0 Å². The van der Waals surface area contributed by atoms with E-state index in [-0.39, 0.29) is 17.9 Å². The molecule has 2 amide bonds. The summed E-state index contributed by atoms with van der Waals surface area (Å²) in [6.45, 7) is 13.0. The van der Waals surface area contributed by atoms with E-state index in [4.69, 9.17) is 0 Å². The van der Waals surface area contributed by atoms with E-state index in [2.05, 4.69) is 62.6 Å². The number of nitrogens with two attached hydrogens (primary N) is 1. The maximum atomic E-state index is 12.7. The van der Waals surface area contributed by atoms with Crippen molar-refractivity contribution < 1.29 is 19.8 Å². The Morgan fingerprint density at radius 2 is 1.72 bits per heavy atom. The number of rotatable bonds is 9. The molecular weight excluding hydrogens is 364 g/mol. The van der Waals surface area contributed by atoms with Crippen molar-refractivity contribution in [2.75, 3.05) is 46.3 Å². The first-order valence-electron chi connectivity index (χ1n) is 11.0. The zero-order valence-corrected chi connectivity index (χ0v) is 18.8. The van der Waals surface area contributed by atoms with Gasteiger partial charge in [-0.15, -0.1) is 0 Å². The van der Waals surface area contributed by atoms with Gasteiger partial charge in [-0.25, -0.2) is 0 Å². The van der Waals surface area contributed by atoms with Crippen LogP contribution >= 0.6 is 0 Å². The van der Waals surface area contributed by atoms with Gasteiger partial charge in [-0.3, -0.25) is 9.59 Å². The molecule has 1 fully saturated rings. The van der Waals surface area contributed by atoms with Gasteiger partial charge in [-0.2, -0.15) is 0 Å². The number of carbonyl (C=O) groups excluding carboxylic acids is 2. The Morgan fingerprint density at radius 3 is 2.24 bits per heavy atom. The van der Waals surface area contributed by atoms with E-state index in [1.165, 1.54) is 16.0 Å². The Balaban J connectivity index is 1.86. The van der Waals surface area contributed by atoms with Crippen LogP contribution in [0.15, 0.2) is 24.3 Å². The lowest BCUT2D eigenvalue weighted by molar-refractivity contribution is -0.896. The van der Waals surface area contributed by atoms with Crippen molar-refractivity contribution in [3.05, 3.63) is 35.4 Å². The average Bonchev–Trinajstić information content (AvgIpc) is 2.69. The summed E-state index contributed by atoms with van der Waals surface area (Å²) in [5, 5.41) is 4.86. The molecule has 2 rings (SSSR count). The minimum Gasteiger partial charge on any atom is -0.354 e. The molecule has 0 unspecified atom stereocenters. The van der Waals surface area contributed by atoms with Crippen LogP contribution in [0.5, 0.6) is 0 Å². The standard InChI is InChI=1S/C23H38N4O2/c1-17(2)14-19-6-8-20(9-7-19)23(18(3)4)25-15-22(29)27-12-10-26(11-13-27)16-21(28)24-5/h6-9,17-18,23,25H,10-16H2,1-5H3,(H,24,28)/p+2/t23-/m1/s1. The van der Waals surface area contributed by atoms with Crippen molar-refractivity contribution in [3.8, 4) is 0 Å². The largest absolute Gasteiger partial charge is 0.354 e. The predicted molar refractivity (Wildman–Crippen MR) is 116 cm³/mol. The molecule has 4 N–H and O–H groups in total. The Labute approximate surface area is 176 Å². The Hall–Kier alpha value is -1.92. The number of nitrogens with zero attached hydrogens (tertiary/aromatic N) is 1. The fourth-order valence-corrected chi connectivity index (χ4v) is 4.06. The van der Waals surface area contributed by atoms with Crippen LogP contribution in [-0.2, 0) is 16.0 Å². The third kappa shape index (κ3) is 7.44. The molecular formula is C23H40N4O2+2. The Kier molecular flexibility index (Phi) is 9.11. The van der Waals surface area contributed by atoms with Gasteiger partial charge in [-0.1, -0.05) is 52.0 Å². The summed E-state index contributed by atoms with van der Waals surface area (Å²) < 4.78 is 0. The number of likely N-dealkylation sites (N-methyl/N-ethyl adjacent to an activating group) is 1. The number of carbonyl (C=O) groups is 2. The summed E-state index contributed by atoms with van der Waals surface area (Å²) in [5.41, 5.74) is 2.67. The molecule has 1 aliphatic heterocycles. The van der Waals surface area contributed by atoms with Gasteiger partial charge in [0.2, 0.25) is 0 Å². The topological polar surface area (TPSA) is 70.5 Å². The molecule has 6 heteroatoms. The van der Waals surface area contributed by atoms with Crippen molar-refractivity contribution in [1.82, 2.24) is 10.2 Å². The summed E-state index contributed by atoms with van der Waals surface area (Å²) in [6, 6.07) is 9.20. The molecule has 0 aliphatic carbocycles. The SMILES string of the molecule is CNC(=O)C[NH+]1CCN(C(=O)C[NH2+][C@@H](c2ccc(CC(C)C)cc2)C(C)C)CC1. The first-order valence-corrected chi connectivity index (χ1v) is 11.0. The molecule has 6 nitrogen and oxygen atoms in total. The van der Waals surface area contributed by atoms with Gasteiger partial charge in [0.1, 0.15) is 6.04 Å². The van der Waals surface area contributed by atoms with Gasteiger partial charge in [0.25, 0.3) is 11.8 Å². The van der Waals surface area contributed by atoms with Crippen LogP contribution in [0.1, 0.15) is 44.9 Å². The van der Waals surface area contributed by atoms with E-state index in [1.54, 1.807) is 7.05 Å². The van der Waals surface area contributed by atoms with Gasteiger partial charge >= 0.3 is 0 Å². The van der Waals surface area contributed by atoms with Gasteiger partial charge in [0.05, 0.1) is 26.2 Å². The highest BCUT2D eigenvalue weighted by Crippen LogP contribution is 2.19. The van der Waals surface area contributed by atoms with E-state index >= 15 is 0 Å². The molecule has 1 atom stereocenters. The number of piperazine rings is 1. The molecule has 1 heterocycles. The highest BCUT2D eigenvalue weighted by Gasteiger charge is 2.27. The number of amides is 2. The second-order valence-electron chi connectivity index (χ2n) is 9.03. The van der Waals surface area contributed by atoms with Crippen molar-refractivity contribution in [2.45, 2.75) is 40.2 Å². The molecule has 0 bridgehead atoms. The van der Waals surface area contributed by atoms with Crippen LogP contribution in [-0.4, -0.2) is 63.0 Å². The second-order valence-corrected chi connectivity index (χ2v) is 9.03. The summed E-state index contributed by atoms with van der Waals surface area (Å²) in [7, 11) is 1.67. The van der Waals surface area contributed by atoms with Crippen LogP contribution < -0.4 is 15.5 Å². The van der Waals surface area contributed by atoms with Crippen LogP contribution in [0.25, 0.3) is 0 Å². The lowest BCUT2D eigenvalue weighted by Crippen LogP contribution is -3.16. The molecule has 0 spiro atoms. The molecule has 0 aromatic heterocycles. The second kappa shape index (κ2) is 11.3. The minimum absolute atomic E-state index is 0.0623. The van der Waals surface area contributed by atoms with E-state index in [9.17, 15) is 9.59 Å². The summed E-state index contributed by atoms with van der Waals surface area (Å²) in [5.74, 6) is 1.37. The van der Waals surface area contributed by atoms with Crippen LogP contribution in [0.2, 0.25) is 0 Å². The molecule has 0 saturated carbocycles. The summed E-state index contributed by atoms with van der Waals surface area (Å²) in [4.78, 5) is 27.5. The number of quaternary nitrogens is 2. The lowest BCUT2D eigenvalue weighted by Gasteiger charge is -2.31. The highest BCUT2D eigenvalue weighted by atomic mass is 16.2. The Bertz CT molecular complexity index is 649. The number of nitrogens with one attached hydrogen (secondary N) is 2. The smallest absolute Gasteiger partial charge is 0.278 e. The average molecular weight is 405 g/mol. The fourth-order valence-electron chi connectivity index (χ4n) is 4.06. The molecule has 162 valence electrons. The lowest BCUT2D eigenvalue weighted by atomic mass is 9.93. The first-order chi connectivity index (χ1) is 13.8. The van der Waals surface area contributed by atoms with Gasteiger partial charge in [0.15, 0.2) is 13.1 Å². The van der Waals surface area contributed by atoms with E-state index < -0.39 is 0 Å². The summed E-state index contributed by atoms with van der Waals surface area (Å²) in [6.07, 6.45) is 1.10. The van der Waals surface area contributed by atoms with Crippen molar-refractivity contribution in [2.24, 2.45) is 11.8 Å². The number of hydrogen-bond acceptors (Lipinski definition) is 2. The van der Waals surface area contributed by atoms with E-state index in [0.717, 1.165) is 32.6 Å². The molecule has 1 aromatic carbocycles. The summed E-state index contributed by atoms with van der Waals surface area (Å²) >= 11 is 0. The van der Waals surface area contributed by atoms with E-state index in [0.29, 0.717) is 24.9 Å². The van der Waals surface area contributed by atoms with Gasteiger partial charge < -0.3 is 20.4 Å². The van der Waals surface area contributed by atoms with Crippen LogP contribution in [0.3, 0.4) is 0 Å².